The summed E-state index contributed by atoms with van der Waals surface area (Å²) in [6, 6.07) is 117. The van der Waals surface area contributed by atoms with Crippen molar-refractivity contribution in [1.82, 2.24) is 29.9 Å². The molecular weight excluding hydrogens is 1430 g/mol. The molecule has 20 aromatic rings. The maximum Gasteiger partial charge on any atom is 0.0978 e. The minimum absolute atomic E-state index is 0.139. The van der Waals surface area contributed by atoms with Crippen LogP contribution in [0, 0.1) is 11.8 Å². The second-order valence-electron chi connectivity index (χ2n) is 32.2. The van der Waals surface area contributed by atoms with Crippen LogP contribution in [0.3, 0.4) is 0 Å². The molecule has 14 aromatic carbocycles. The van der Waals surface area contributed by atoms with Gasteiger partial charge in [0.15, 0.2) is 0 Å². The molecule has 0 bridgehead atoms. The molecule has 6 heterocycles. The largest absolute Gasteiger partial charge is 0.253 e. The molecular formula is C112H68N6. The highest BCUT2D eigenvalue weighted by molar-refractivity contribution is 6.25. The Bertz CT molecular complexity index is 8100. The summed E-state index contributed by atoms with van der Waals surface area (Å²) in [6.45, 7) is 0. The van der Waals surface area contributed by atoms with Crippen LogP contribution in [-0.4, -0.2) is 29.9 Å². The van der Waals surface area contributed by atoms with Crippen LogP contribution < -0.4 is 0 Å². The van der Waals surface area contributed by atoms with Crippen LogP contribution >= 0.6 is 0 Å². The summed E-state index contributed by atoms with van der Waals surface area (Å²) in [5, 5.41) is 16.0. The van der Waals surface area contributed by atoms with Gasteiger partial charge in [0.05, 0.1) is 61.6 Å². The summed E-state index contributed by atoms with van der Waals surface area (Å²) in [7, 11) is 0. The summed E-state index contributed by atoms with van der Waals surface area (Å²) in [4.78, 5) is 32.9. The number of hydrogen-bond acceptors (Lipinski definition) is 6. The SMILES string of the molecule is C1=CC2=C(c3cccc(-c4nc5cc(-c6cc(-c7ccccc7)nc7c6ccc6ccc(-c8ccc9c(c8)CCc8ccc(-c%10cccc(-c%11nc%12ccccc%12c%12c%11ccc%11ccccc%11%12)c%10)cc8-9)nc67)ccc5c5c4ccc4ccccc45)c3)C=CC3=CC=C4C(c5cnc6c(ccc7ccc(-c8ccccc8)nc76)c5)=CC=C1C4C32. The summed E-state index contributed by atoms with van der Waals surface area (Å²) >= 11 is 0. The number of para-hydroxylation sites is 1. The zero-order valence-electron chi connectivity index (χ0n) is 64.0. The first-order valence-corrected chi connectivity index (χ1v) is 40.9. The molecule has 0 N–H and O–H groups in total. The van der Waals surface area contributed by atoms with E-state index in [9.17, 15) is 0 Å². The maximum absolute atomic E-state index is 5.84. The Morgan fingerprint density at radius 3 is 1.58 bits per heavy atom. The van der Waals surface area contributed by atoms with Gasteiger partial charge in [-0.15, -0.1) is 0 Å². The number of aromatic nitrogens is 6. The summed E-state index contributed by atoms with van der Waals surface area (Å²) in [5.74, 6) is 0.284. The fourth-order valence-electron chi connectivity index (χ4n) is 20.0. The fraction of sp³-hybridized carbons (Fsp3) is 0.0357. The van der Waals surface area contributed by atoms with Crippen LogP contribution in [0.5, 0.6) is 0 Å². The Morgan fingerprint density at radius 2 is 0.805 bits per heavy atom. The van der Waals surface area contributed by atoms with Gasteiger partial charge in [0.2, 0.25) is 0 Å². The van der Waals surface area contributed by atoms with E-state index in [1.807, 2.05) is 6.07 Å². The van der Waals surface area contributed by atoms with E-state index in [0.29, 0.717) is 0 Å². The van der Waals surface area contributed by atoms with Crippen LogP contribution in [0.2, 0.25) is 0 Å². The summed E-state index contributed by atoms with van der Waals surface area (Å²) < 4.78 is 0. The first kappa shape index (κ1) is 66.2. The third-order valence-corrected chi connectivity index (χ3v) is 25.7. The van der Waals surface area contributed by atoms with E-state index >= 15 is 0 Å². The van der Waals surface area contributed by atoms with E-state index in [4.69, 9.17) is 29.9 Å². The molecule has 5 aliphatic rings. The zero-order chi connectivity index (χ0) is 77.2. The molecule has 0 saturated heterocycles. The molecule has 0 spiro atoms. The lowest BCUT2D eigenvalue weighted by molar-refractivity contribution is 0.569. The Kier molecular flexibility index (Phi) is 14.7. The van der Waals surface area contributed by atoms with Crippen molar-refractivity contribution in [3.8, 4) is 89.7 Å². The Labute approximate surface area is 680 Å². The molecule has 6 aromatic heterocycles. The maximum atomic E-state index is 5.84. The number of aryl methyl sites for hydroxylation is 2. The first-order valence-electron chi connectivity index (χ1n) is 40.9. The lowest BCUT2D eigenvalue weighted by Crippen LogP contribution is -2.30. The molecule has 25 rings (SSSR count). The number of allylic oxidation sites excluding steroid dienone is 14. The highest BCUT2D eigenvalue weighted by Gasteiger charge is 2.41. The Balaban J connectivity index is 0.562. The summed E-state index contributed by atoms with van der Waals surface area (Å²) in [5.41, 5.74) is 35.2. The van der Waals surface area contributed by atoms with Crippen LogP contribution in [0.15, 0.2) is 399 Å². The lowest BCUT2D eigenvalue weighted by Gasteiger charge is -2.42. The molecule has 0 fully saturated rings. The standard InChI is InChI=1S/C112H68N6/c1-3-17-68(18-4-1)98-55-44-72-31-34-82-60-83(64-113-109(82)110(72)114-98)86-47-38-71-39-49-89-84(46-37-70-40-50-90(86)104(71)103(70)89)76-22-14-24-81(59-76)108-95-54-36-66-16-8-10-26-88(66)106(95)93-52-42-78(62-102(93)118-108)97-63-101(69-19-5-2-6-20-69)117-112-91(97)51-41-73-45-56-99(115-111(73)112)79-43-48-85-77(58-79)33-30-67-29-32-75(61-96(67)85)74-21-13-23-80(57-74)107-94-53-35-65-15-7-9-25-87(65)105(94)92-27-11-12-28-100(92)116-107/h1-29,31-32,34-64,103-104H,30,33H2. The van der Waals surface area contributed by atoms with Crippen LogP contribution in [-0.2, 0) is 12.8 Å². The van der Waals surface area contributed by atoms with Crippen molar-refractivity contribution in [2.24, 2.45) is 11.8 Å². The van der Waals surface area contributed by atoms with Crippen molar-refractivity contribution < 1.29 is 0 Å². The fourth-order valence-corrected chi connectivity index (χ4v) is 20.0. The number of nitrogens with zero attached hydrogens (tertiary/aromatic N) is 6. The molecule has 2 atom stereocenters. The van der Waals surface area contributed by atoms with Crippen LogP contribution in [0.1, 0.15) is 22.3 Å². The van der Waals surface area contributed by atoms with Gasteiger partial charge in [0.1, 0.15) is 0 Å². The third-order valence-electron chi connectivity index (χ3n) is 25.7. The molecule has 6 heteroatoms. The Morgan fingerprint density at radius 1 is 0.254 bits per heavy atom. The van der Waals surface area contributed by atoms with E-state index < -0.39 is 0 Å². The molecule has 0 saturated carbocycles. The topological polar surface area (TPSA) is 77.3 Å². The smallest absolute Gasteiger partial charge is 0.0978 e. The minimum Gasteiger partial charge on any atom is -0.253 e. The second kappa shape index (κ2) is 26.2. The lowest BCUT2D eigenvalue weighted by atomic mass is 9.61. The van der Waals surface area contributed by atoms with Crippen LogP contribution in [0.4, 0.5) is 0 Å². The van der Waals surface area contributed by atoms with Gasteiger partial charge in [0, 0.05) is 105 Å². The van der Waals surface area contributed by atoms with E-state index in [0.717, 1.165) is 168 Å². The number of hydrogen-bond donors (Lipinski definition) is 0. The van der Waals surface area contributed by atoms with Gasteiger partial charge in [-0.05, 0) is 179 Å². The molecule has 118 heavy (non-hydrogen) atoms. The molecule has 0 amide bonds. The molecule has 546 valence electrons. The van der Waals surface area contributed by atoms with Crippen molar-refractivity contribution in [3.05, 3.63) is 421 Å². The zero-order valence-corrected chi connectivity index (χ0v) is 64.0. The predicted octanol–water partition coefficient (Wildman–Crippen LogP) is 28.0. The van der Waals surface area contributed by atoms with E-state index in [1.54, 1.807) is 0 Å². The Hall–Kier alpha value is -15.2. The van der Waals surface area contributed by atoms with E-state index in [2.05, 4.69) is 370 Å². The third kappa shape index (κ3) is 10.5. The van der Waals surface area contributed by atoms with Gasteiger partial charge < -0.3 is 0 Å². The average Bonchev–Trinajstić information content (AvgIpc) is 0.728. The van der Waals surface area contributed by atoms with E-state index in [-0.39, 0.29) is 11.8 Å². The highest BCUT2D eigenvalue weighted by atomic mass is 14.8. The first-order chi connectivity index (χ1) is 58.4. The summed E-state index contributed by atoms with van der Waals surface area (Å²) in [6.07, 6.45) is 22.7. The quantitative estimate of drug-likeness (QED) is 0.134. The van der Waals surface area contributed by atoms with Gasteiger partial charge in [-0.3, -0.25) is 4.98 Å². The molecule has 2 unspecified atom stereocenters. The number of pyridine rings is 6. The van der Waals surface area contributed by atoms with Gasteiger partial charge in [0.25, 0.3) is 0 Å². The minimum atomic E-state index is 0.139. The number of fused-ring (bicyclic) bond motifs is 19. The molecule has 5 aliphatic carbocycles. The predicted molar refractivity (Wildman–Crippen MR) is 490 cm³/mol. The van der Waals surface area contributed by atoms with Gasteiger partial charge in [-0.2, -0.15) is 0 Å². The van der Waals surface area contributed by atoms with Gasteiger partial charge in [-0.25, -0.2) is 24.9 Å². The number of benzene rings is 14. The second-order valence-corrected chi connectivity index (χ2v) is 32.2. The number of rotatable bonds is 9. The van der Waals surface area contributed by atoms with Crippen molar-refractivity contribution in [2.75, 3.05) is 0 Å². The van der Waals surface area contributed by atoms with Crippen molar-refractivity contribution in [3.63, 3.8) is 0 Å². The van der Waals surface area contributed by atoms with Crippen molar-refractivity contribution >= 4 is 120 Å². The average molecular weight is 1500 g/mol. The van der Waals surface area contributed by atoms with Gasteiger partial charge >= 0.3 is 0 Å². The van der Waals surface area contributed by atoms with E-state index in [1.165, 1.54) is 99.0 Å². The molecule has 0 radical (unpaired) electrons. The molecule has 0 aliphatic heterocycles. The van der Waals surface area contributed by atoms with Crippen LogP contribution in [0.25, 0.3) is 209 Å². The van der Waals surface area contributed by atoms with Crippen molar-refractivity contribution in [2.45, 2.75) is 12.8 Å². The van der Waals surface area contributed by atoms with Crippen molar-refractivity contribution in [1.29, 1.82) is 0 Å². The molecule has 6 nitrogen and oxygen atoms in total. The highest BCUT2D eigenvalue weighted by Crippen LogP contribution is 2.55. The van der Waals surface area contributed by atoms with Gasteiger partial charge in [-0.1, -0.05) is 309 Å². The normalized spacial score (nSPS) is 15.3. The monoisotopic (exact) mass is 1500 g/mol.